The summed E-state index contributed by atoms with van der Waals surface area (Å²) in [5.74, 6) is 1.19. The second-order valence-electron chi connectivity index (χ2n) is 4.77. The Labute approximate surface area is 125 Å². The van der Waals surface area contributed by atoms with Gasteiger partial charge in [0.1, 0.15) is 5.75 Å². The summed E-state index contributed by atoms with van der Waals surface area (Å²) in [5.41, 5.74) is 8.40. The first-order chi connectivity index (χ1) is 9.72. The van der Waals surface area contributed by atoms with Crippen molar-refractivity contribution in [1.29, 1.82) is 0 Å². The van der Waals surface area contributed by atoms with Crippen molar-refractivity contribution in [3.63, 3.8) is 0 Å². The van der Waals surface area contributed by atoms with Gasteiger partial charge in [-0.05, 0) is 55.3 Å². The Bertz CT molecular complexity index is 539. The molecule has 2 aromatic rings. The van der Waals surface area contributed by atoms with Crippen molar-refractivity contribution in [2.24, 2.45) is 5.73 Å². The Morgan fingerprint density at radius 3 is 2.55 bits per heavy atom. The summed E-state index contributed by atoms with van der Waals surface area (Å²) in [5, 5.41) is 0.761. The average Bonchev–Trinajstić information content (AvgIpc) is 2.47. The molecular weight excluding hydrogens is 270 g/mol. The predicted molar refractivity (Wildman–Crippen MR) is 84.6 cm³/mol. The molecule has 0 aliphatic carbocycles. The molecule has 2 nitrogen and oxygen atoms in total. The van der Waals surface area contributed by atoms with Crippen LogP contribution in [-0.2, 0) is 6.42 Å². The first-order valence-corrected chi connectivity index (χ1v) is 7.28. The molecule has 0 bridgehead atoms. The fourth-order valence-electron chi connectivity index (χ4n) is 2.27. The van der Waals surface area contributed by atoms with E-state index in [1.54, 1.807) is 0 Å². The van der Waals surface area contributed by atoms with Crippen LogP contribution in [0.4, 0.5) is 0 Å². The van der Waals surface area contributed by atoms with E-state index < -0.39 is 0 Å². The van der Waals surface area contributed by atoms with Gasteiger partial charge in [-0.1, -0.05) is 35.9 Å². The lowest BCUT2D eigenvalue weighted by atomic mass is 9.92. The third-order valence-electron chi connectivity index (χ3n) is 3.32. The van der Waals surface area contributed by atoms with Gasteiger partial charge in [0.2, 0.25) is 0 Å². The second-order valence-corrected chi connectivity index (χ2v) is 5.21. The van der Waals surface area contributed by atoms with Crippen LogP contribution in [0.25, 0.3) is 0 Å². The highest BCUT2D eigenvalue weighted by molar-refractivity contribution is 6.30. The molecule has 2 rings (SSSR count). The molecule has 0 saturated heterocycles. The van der Waals surface area contributed by atoms with Gasteiger partial charge < -0.3 is 10.5 Å². The Hall–Kier alpha value is -1.51. The Balaban J connectivity index is 2.15. The molecule has 0 fully saturated rings. The Morgan fingerprint density at radius 2 is 1.90 bits per heavy atom. The van der Waals surface area contributed by atoms with Crippen LogP contribution < -0.4 is 10.5 Å². The van der Waals surface area contributed by atoms with Crippen LogP contribution in [0.2, 0.25) is 5.02 Å². The summed E-state index contributed by atoms with van der Waals surface area (Å²) >= 11 is 5.91. The molecule has 0 spiro atoms. The van der Waals surface area contributed by atoms with Crippen LogP contribution in [0.1, 0.15) is 24.0 Å². The van der Waals surface area contributed by atoms with Gasteiger partial charge in [0.15, 0.2) is 0 Å². The highest BCUT2D eigenvalue weighted by Crippen LogP contribution is 2.24. The number of rotatable bonds is 6. The number of nitrogens with two attached hydrogens (primary N) is 1. The summed E-state index contributed by atoms with van der Waals surface area (Å²) in [7, 11) is 0. The van der Waals surface area contributed by atoms with E-state index in [2.05, 4.69) is 24.3 Å². The third kappa shape index (κ3) is 3.99. The van der Waals surface area contributed by atoms with Gasteiger partial charge in [-0.3, -0.25) is 0 Å². The molecule has 2 aromatic carbocycles. The van der Waals surface area contributed by atoms with Crippen molar-refractivity contribution < 1.29 is 4.74 Å². The zero-order valence-electron chi connectivity index (χ0n) is 11.7. The number of halogens is 1. The molecular formula is C17H20ClNO. The van der Waals surface area contributed by atoms with Gasteiger partial charge in [-0.25, -0.2) is 0 Å². The molecule has 0 aliphatic heterocycles. The molecule has 0 radical (unpaired) electrons. The van der Waals surface area contributed by atoms with E-state index in [1.165, 1.54) is 11.1 Å². The van der Waals surface area contributed by atoms with Crippen molar-refractivity contribution in [1.82, 2.24) is 0 Å². The number of hydrogen-bond donors (Lipinski definition) is 1. The molecule has 0 aromatic heterocycles. The van der Waals surface area contributed by atoms with E-state index in [4.69, 9.17) is 22.1 Å². The van der Waals surface area contributed by atoms with E-state index in [-0.39, 0.29) is 5.92 Å². The molecule has 3 heteroatoms. The van der Waals surface area contributed by atoms with Crippen molar-refractivity contribution in [2.75, 3.05) is 13.2 Å². The SMILES string of the molecule is CCOc1cccc(C(CN)Cc2ccc(Cl)cc2)c1. The smallest absolute Gasteiger partial charge is 0.119 e. The minimum absolute atomic E-state index is 0.289. The van der Waals surface area contributed by atoms with E-state index in [0.717, 1.165) is 17.2 Å². The topological polar surface area (TPSA) is 35.2 Å². The molecule has 106 valence electrons. The maximum atomic E-state index is 5.94. The molecule has 0 aliphatic rings. The largest absolute Gasteiger partial charge is 0.494 e. The zero-order valence-corrected chi connectivity index (χ0v) is 12.4. The number of benzene rings is 2. The first kappa shape index (κ1) is 14.9. The Kier molecular flexibility index (Phi) is 5.45. The van der Waals surface area contributed by atoms with E-state index >= 15 is 0 Å². The van der Waals surface area contributed by atoms with Crippen LogP contribution >= 0.6 is 11.6 Å². The van der Waals surface area contributed by atoms with Gasteiger partial charge in [-0.2, -0.15) is 0 Å². The van der Waals surface area contributed by atoms with Crippen LogP contribution in [0.5, 0.6) is 5.75 Å². The van der Waals surface area contributed by atoms with E-state index in [0.29, 0.717) is 13.2 Å². The van der Waals surface area contributed by atoms with Gasteiger partial charge >= 0.3 is 0 Å². The zero-order chi connectivity index (χ0) is 14.4. The molecule has 0 heterocycles. The summed E-state index contributed by atoms with van der Waals surface area (Å²) < 4.78 is 5.55. The lowest BCUT2D eigenvalue weighted by Crippen LogP contribution is -2.15. The fourth-order valence-corrected chi connectivity index (χ4v) is 2.39. The fraction of sp³-hybridized carbons (Fsp3) is 0.294. The van der Waals surface area contributed by atoms with Crippen LogP contribution in [0.3, 0.4) is 0 Å². The standard InChI is InChI=1S/C17H20ClNO/c1-2-20-17-5-3-4-14(11-17)15(12-19)10-13-6-8-16(18)9-7-13/h3-9,11,15H,2,10,12,19H2,1H3. The van der Waals surface area contributed by atoms with Crippen LogP contribution in [0, 0.1) is 0 Å². The van der Waals surface area contributed by atoms with Gasteiger partial charge in [-0.15, -0.1) is 0 Å². The van der Waals surface area contributed by atoms with Crippen molar-refractivity contribution in [3.8, 4) is 5.75 Å². The minimum atomic E-state index is 0.289. The maximum Gasteiger partial charge on any atom is 0.119 e. The summed E-state index contributed by atoms with van der Waals surface area (Å²) in [6.45, 7) is 3.27. The molecule has 1 atom stereocenters. The number of ether oxygens (including phenoxy) is 1. The van der Waals surface area contributed by atoms with Crippen molar-refractivity contribution in [3.05, 3.63) is 64.7 Å². The Morgan fingerprint density at radius 1 is 1.15 bits per heavy atom. The maximum absolute atomic E-state index is 5.94. The predicted octanol–water partition coefficient (Wildman–Crippen LogP) is 4.02. The monoisotopic (exact) mass is 289 g/mol. The van der Waals surface area contributed by atoms with E-state index in [1.807, 2.05) is 31.2 Å². The highest BCUT2D eigenvalue weighted by Gasteiger charge is 2.11. The second kappa shape index (κ2) is 7.32. The van der Waals surface area contributed by atoms with Gasteiger partial charge in [0.25, 0.3) is 0 Å². The molecule has 0 amide bonds. The number of hydrogen-bond acceptors (Lipinski definition) is 2. The molecule has 20 heavy (non-hydrogen) atoms. The van der Waals surface area contributed by atoms with Crippen LogP contribution in [-0.4, -0.2) is 13.2 Å². The lowest BCUT2D eigenvalue weighted by Gasteiger charge is -2.16. The molecule has 2 N–H and O–H groups in total. The molecule has 0 saturated carbocycles. The third-order valence-corrected chi connectivity index (χ3v) is 3.57. The quantitative estimate of drug-likeness (QED) is 0.871. The molecule has 1 unspecified atom stereocenters. The lowest BCUT2D eigenvalue weighted by molar-refractivity contribution is 0.339. The summed E-state index contributed by atoms with van der Waals surface area (Å²) in [6.07, 6.45) is 0.906. The van der Waals surface area contributed by atoms with E-state index in [9.17, 15) is 0 Å². The normalized spacial score (nSPS) is 12.2. The van der Waals surface area contributed by atoms with Gasteiger partial charge in [0.05, 0.1) is 6.61 Å². The average molecular weight is 290 g/mol. The first-order valence-electron chi connectivity index (χ1n) is 6.90. The van der Waals surface area contributed by atoms with Crippen molar-refractivity contribution >= 4 is 11.6 Å². The van der Waals surface area contributed by atoms with Crippen molar-refractivity contribution in [2.45, 2.75) is 19.3 Å². The minimum Gasteiger partial charge on any atom is -0.494 e. The summed E-state index contributed by atoms with van der Waals surface area (Å²) in [6, 6.07) is 16.1. The van der Waals surface area contributed by atoms with Gasteiger partial charge in [0, 0.05) is 10.9 Å². The highest BCUT2D eigenvalue weighted by atomic mass is 35.5. The summed E-state index contributed by atoms with van der Waals surface area (Å²) in [4.78, 5) is 0. The van der Waals surface area contributed by atoms with Crippen LogP contribution in [0.15, 0.2) is 48.5 Å².